The van der Waals surface area contributed by atoms with Crippen LogP contribution in [0, 0.1) is 5.92 Å². The number of morpholine rings is 1. The summed E-state index contributed by atoms with van der Waals surface area (Å²) in [5.74, 6) is -0.215. The van der Waals surface area contributed by atoms with Gasteiger partial charge in [-0.15, -0.1) is 23.5 Å². The van der Waals surface area contributed by atoms with Crippen molar-refractivity contribution in [1.29, 1.82) is 0 Å². The van der Waals surface area contributed by atoms with Gasteiger partial charge in [0.25, 0.3) is 0 Å². The van der Waals surface area contributed by atoms with Gasteiger partial charge in [-0.3, -0.25) is 25.1 Å². The molecule has 31 heavy (non-hydrogen) atoms. The molecule has 0 bridgehead atoms. The van der Waals surface area contributed by atoms with Crippen LogP contribution in [0.15, 0.2) is 0 Å². The zero-order valence-electron chi connectivity index (χ0n) is 17.6. The Labute approximate surface area is 190 Å². The molecule has 174 valence electrons. The largest absolute Gasteiger partial charge is 0.450 e. The number of carbonyl (C=O) groups is 3. The number of hydrogen-bond donors (Lipinski definition) is 4. The molecule has 4 rings (SSSR count). The van der Waals surface area contributed by atoms with Gasteiger partial charge in [0.15, 0.2) is 0 Å². The number of ether oxygens (including phenoxy) is 2. The van der Waals surface area contributed by atoms with E-state index in [1.807, 2.05) is 0 Å². The Balaban J connectivity index is 1.32. The molecular weight excluding hydrogens is 442 g/mol. The minimum absolute atomic E-state index is 0.115. The third-order valence-corrected chi connectivity index (χ3v) is 8.77. The molecule has 0 spiro atoms. The number of alkyl carbamates (subject to hydrolysis) is 1. The smallest absolute Gasteiger partial charge is 0.413 e. The van der Waals surface area contributed by atoms with E-state index in [-0.39, 0.29) is 34.7 Å². The summed E-state index contributed by atoms with van der Waals surface area (Å²) in [4.78, 5) is 39.5. The maximum atomic E-state index is 13.0. The first kappa shape index (κ1) is 23.1. The summed E-state index contributed by atoms with van der Waals surface area (Å²) in [6.45, 7) is 6.17. The van der Waals surface area contributed by atoms with E-state index in [1.165, 1.54) is 11.8 Å². The van der Waals surface area contributed by atoms with Crippen LogP contribution in [0.1, 0.15) is 19.8 Å². The Hall–Kier alpha value is -1.05. The van der Waals surface area contributed by atoms with E-state index >= 15 is 0 Å². The second kappa shape index (κ2) is 10.7. The number of nitrogens with one attached hydrogen (secondary N) is 4. The molecule has 6 unspecified atom stereocenters. The molecule has 4 N–H and O–H groups in total. The number of rotatable bonds is 5. The van der Waals surface area contributed by atoms with Crippen LogP contribution in [-0.2, 0) is 19.1 Å². The van der Waals surface area contributed by atoms with Crippen LogP contribution in [0.2, 0.25) is 0 Å². The monoisotopic (exact) mass is 473 g/mol. The van der Waals surface area contributed by atoms with Gasteiger partial charge < -0.3 is 20.1 Å². The maximum Gasteiger partial charge on any atom is 0.413 e. The average molecular weight is 474 g/mol. The topological polar surface area (TPSA) is 121 Å². The molecule has 0 aliphatic carbocycles. The van der Waals surface area contributed by atoms with E-state index in [4.69, 9.17) is 9.47 Å². The minimum Gasteiger partial charge on any atom is -0.450 e. The molecule has 12 heteroatoms. The number of hydrogen-bond acceptors (Lipinski definition) is 10. The third-order valence-electron chi connectivity index (χ3n) is 6.12. The van der Waals surface area contributed by atoms with Crippen molar-refractivity contribution in [3.63, 3.8) is 0 Å². The summed E-state index contributed by atoms with van der Waals surface area (Å²) in [6, 6.07) is 0.566. The van der Waals surface area contributed by atoms with Crippen molar-refractivity contribution in [2.24, 2.45) is 5.92 Å². The Kier molecular flexibility index (Phi) is 7.99. The second-order valence-electron chi connectivity index (χ2n) is 7.99. The molecular formula is C19H31N5O5S2. The summed E-state index contributed by atoms with van der Waals surface area (Å²) in [6.07, 6.45) is 0.905. The van der Waals surface area contributed by atoms with Gasteiger partial charge >= 0.3 is 6.09 Å². The first-order valence-corrected chi connectivity index (χ1v) is 12.9. The van der Waals surface area contributed by atoms with Gasteiger partial charge in [-0.1, -0.05) is 0 Å². The molecule has 4 aliphatic rings. The van der Waals surface area contributed by atoms with Crippen molar-refractivity contribution >= 4 is 41.4 Å². The number of imide groups is 1. The summed E-state index contributed by atoms with van der Waals surface area (Å²) in [7, 11) is 0. The zero-order chi connectivity index (χ0) is 21.8. The van der Waals surface area contributed by atoms with Crippen LogP contribution in [0.5, 0.6) is 0 Å². The van der Waals surface area contributed by atoms with Crippen LogP contribution in [0.4, 0.5) is 4.79 Å². The quantitative estimate of drug-likeness (QED) is 0.416. The summed E-state index contributed by atoms with van der Waals surface area (Å²) >= 11 is 3.14. The lowest BCUT2D eigenvalue weighted by atomic mass is 9.98. The molecule has 4 heterocycles. The predicted molar refractivity (Wildman–Crippen MR) is 119 cm³/mol. The molecule has 0 saturated carbocycles. The number of piperidine rings is 1. The number of fused-ring (bicyclic) bond motifs is 1. The van der Waals surface area contributed by atoms with Crippen LogP contribution in [0.25, 0.3) is 0 Å². The van der Waals surface area contributed by atoms with Gasteiger partial charge in [0.1, 0.15) is 5.37 Å². The first-order valence-electron chi connectivity index (χ1n) is 10.9. The molecule has 0 radical (unpaired) electrons. The predicted octanol–water partition coefficient (Wildman–Crippen LogP) is -0.494. The number of thioether (sulfide) groups is 2. The fraction of sp³-hybridized carbons (Fsp3) is 0.842. The van der Waals surface area contributed by atoms with Gasteiger partial charge in [0.2, 0.25) is 11.8 Å². The minimum atomic E-state index is -0.744. The van der Waals surface area contributed by atoms with Crippen molar-refractivity contribution in [1.82, 2.24) is 26.2 Å². The lowest BCUT2D eigenvalue weighted by molar-refractivity contribution is -0.125. The highest BCUT2D eigenvalue weighted by atomic mass is 32.2. The second-order valence-corrected chi connectivity index (χ2v) is 10.5. The van der Waals surface area contributed by atoms with Crippen molar-refractivity contribution in [3.05, 3.63) is 0 Å². The highest BCUT2D eigenvalue weighted by Crippen LogP contribution is 2.35. The highest BCUT2D eigenvalue weighted by molar-refractivity contribution is 8.01. The number of amides is 3. The fourth-order valence-corrected chi connectivity index (χ4v) is 7.31. The van der Waals surface area contributed by atoms with E-state index in [0.29, 0.717) is 12.5 Å². The van der Waals surface area contributed by atoms with Crippen LogP contribution in [0.3, 0.4) is 0 Å². The summed E-state index contributed by atoms with van der Waals surface area (Å²) in [5.41, 5.74) is 0. The molecule has 10 nitrogen and oxygen atoms in total. The first-order chi connectivity index (χ1) is 15.1. The Bertz CT molecular complexity index is 680. The number of nitrogens with zero attached hydrogens (tertiary/aromatic N) is 1. The van der Waals surface area contributed by atoms with Gasteiger partial charge in [-0.2, -0.15) is 0 Å². The van der Waals surface area contributed by atoms with E-state index in [9.17, 15) is 14.4 Å². The van der Waals surface area contributed by atoms with Gasteiger partial charge in [0.05, 0.1) is 36.5 Å². The van der Waals surface area contributed by atoms with E-state index < -0.39 is 17.9 Å². The Morgan fingerprint density at radius 2 is 2.00 bits per heavy atom. The van der Waals surface area contributed by atoms with Gasteiger partial charge in [-0.25, -0.2) is 4.79 Å². The molecule has 4 fully saturated rings. The Morgan fingerprint density at radius 1 is 1.19 bits per heavy atom. The van der Waals surface area contributed by atoms with Crippen molar-refractivity contribution in [2.75, 3.05) is 45.2 Å². The molecule has 6 atom stereocenters. The van der Waals surface area contributed by atoms with Crippen LogP contribution >= 0.6 is 23.5 Å². The molecule has 0 aromatic rings. The summed E-state index contributed by atoms with van der Waals surface area (Å²) < 4.78 is 10.3. The Morgan fingerprint density at radius 3 is 2.77 bits per heavy atom. The molecule has 0 aromatic heterocycles. The lowest BCUT2D eigenvalue weighted by Gasteiger charge is -2.42. The third kappa shape index (κ3) is 5.48. The van der Waals surface area contributed by atoms with Gasteiger partial charge in [-0.05, 0) is 32.1 Å². The maximum absolute atomic E-state index is 13.0. The van der Waals surface area contributed by atoms with Crippen molar-refractivity contribution in [3.8, 4) is 0 Å². The van der Waals surface area contributed by atoms with Crippen molar-refractivity contribution < 1.29 is 23.9 Å². The SMILES string of the molecule is CCOC(=O)NC(=O)C1CCSC1NC(=O)C1NC2C(NCCC2N2CCOCC2)S1. The molecule has 3 amide bonds. The van der Waals surface area contributed by atoms with E-state index in [2.05, 4.69) is 26.2 Å². The average Bonchev–Trinajstić information content (AvgIpc) is 3.41. The molecule has 0 aromatic carbocycles. The van der Waals surface area contributed by atoms with Gasteiger partial charge in [0, 0.05) is 25.2 Å². The lowest BCUT2D eigenvalue weighted by Crippen LogP contribution is -2.62. The summed E-state index contributed by atoms with van der Waals surface area (Å²) in [5, 5.41) is 11.8. The normalized spacial score (nSPS) is 35.9. The highest BCUT2D eigenvalue weighted by Gasteiger charge is 2.46. The number of carbonyl (C=O) groups excluding carboxylic acids is 3. The van der Waals surface area contributed by atoms with E-state index in [1.54, 1.807) is 18.7 Å². The zero-order valence-corrected chi connectivity index (χ0v) is 19.3. The van der Waals surface area contributed by atoms with Crippen LogP contribution < -0.4 is 21.3 Å². The molecule has 4 aliphatic heterocycles. The molecule has 4 saturated heterocycles. The van der Waals surface area contributed by atoms with Crippen LogP contribution in [-0.4, -0.2) is 96.2 Å². The fourth-order valence-electron chi connectivity index (χ4n) is 4.61. The van der Waals surface area contributed by atoms with Crippen molar-refractivity contribution in [2.45, 2.75) is 48.0 Å². The standard InChI is InChI=1S/C19H31N5O5S2/c1-2-29-19(27)23-14(25)11-4-10-30-16(11)22-15(26)18-21-13-12(3-5-20-17(13)31-18)24-6-8-28-9-7-24/h11-13,16-18,20-21H,2-10H2,1H3,(H,22,26)(H,23,25,27). The van der Waals surface area contributed by atoms with E-state index in [0.717, 1.165) is 45.0 Å².